The fraction of sp³-hybridized carbons (Fsp3) is 0.429. The zero-order valence-corrected chi connectivity index (χ0v) is 11.4. The monoisotopic (exact) mass is 262 g/mol. The van der Waals surface area contributed by atoms with Crippen molar-refractivity contribution in [3.63, 3.8) is 0 Å². The molecule has 1 aliphatic heterocycles. The van der Waals surface area contributed by atoms with Crippen LogP contribution >= 0.6 is 11.3 Å². The lowest BCUT2D eigenvalue weighted by atomic mass is 10.1. The van der Waals surface area contributed by atoms with Crippen LogP contribution in [0.1, 0.15) is 5.56 Å². The molecule has 0 amide bonds. The Hall–Kier alpha value is -1.10. The van der Waals surface area contributed by atoms with Gasteiger partial charge in [0, 0.05) is 42.8 Å². The molecule has 0 aliphatic carbocycles. The normalized spacial score (nSPS) is 18.5. The molecule has 1 aromatic carbocycles. The van der Waals surface area contributed by atoms with Crippen molar-refractivity contribution in [1.29, 1.82) is 0 Å². The molecule has 0 unspecified atom stereocenters. The molecule has 0 spiro atoms. The summed E-state index contributed by atoms with van der Waals surface area (Å²) in [6.07, 6.45) is 0. The van der Waals surface area contributed by atoms with Crippen LogP contribution in [0.3, 0.4) is 0 Å². The molecule has 0 bridgehead atoms. The lowest BCUT2D eigenvalue weighted by Crippen LogP contribution is -2.43. The van der Waals surface area contributed by atoms with Crippen molar-refractivity contribution >= 4 is 21.4 Å². The van der Waals surface area contributed by atoms with Gasteiger partial charge in [0.1, 0.15) is 5.75 Å². The van der Waals surface area contributed by atoms with Crippen molar-refractivity contribution in [3.05, 3.63) is 29.1 Å². The fourth-order valence-electron chi connectivity index (χ4n) is 2.50. The molecule has 18 heavy (non-hydrogen) atoms. The lowest BCUT2D eigenvalue weighted by molar-refractivity contribution is 0.148. The van der Waals surface area contributed by atoms with E-state index >= 15 is 0 Å². The van der Waals surface area contributed by atoms with Gasteiger partial charge in [0.2, 0.25) is 0 Å². The number of rotatable bonds is 2. The first kappa shape index (κ1) is 12.0. The maximum absolute atomic E-state index is 9.99. The predicted octanol–water partition coefficient (Wildman–Crippen LogP) is 2.35. The van der Waals surface area contributed by atoms with E-state index in [0.29, 0.717) is 5.75 Å². The Balaban J connectivity index is 1.82. The maximum Gasteiger partial charge on any atom is 0.124 e. The van der Waals surface area contributed by atoms with Gasteiger partial charge in [0.05, 0.1) is 0 Å². The molecule has 1 fully saturated rings. The Morgan fingerprint density at radius 2 is 2.00 bits per heavy atom. The number of nitrogens with zero attached hydrogens (tertiary/aromatic N) is 2. The summed E-state index contributed by atoms with van der Waals surface area (Å²) in [5.74, 6) is 0.415. The smallest absolute Gasteiger partial charge is 0.124 e. The van der Waals surface area contributed by atoms with Crippen LogP contribution in [0, 0.1) is 0 Å². The molecule has 1 N–H and O–H groups in total. The van der Waals surface area contributed by atoms with Crippen molar-refractivity contribution in [2.45, 2.75) is 6.54 Å². The first-order chi connectivity index (χ1) is 8.74. The summed E-state index contributed by atoms with van der Waals surface area (Å²) >= 11 is 1.72. The van der Waals surface area contributed by atoms with E-state index in [4.69, 9.17) is 0 Å². The summed E-state index contributed by atoms with van der Waals surface area (Å²) in [5.41, 5.74) is 1.26. The van der Waals surface area contributed by atoms with Crippen LogP contribution in [-0.4, -0.2) is 48.1 Å². The highest BCUT2D eigenvalue weighted by molar-refractivity contribution is 7.17. The average molecular weight is 262 g/mol. The summed E-state index contributed by atoms with van der Waals surface area (Å²) in [6, 6.07) is 5.77. The molecule has 2 heterocycles. The highest BCUT2D eigenvalue weighted by Crippen LogP contribution is 2.33. The second-order valence-electron chi connectivity index (χ2n) is 4.99. The number of fused-ring (bicyclic) bond motifs is 1. The molecule has 0 atom stereocenters. The number of piperazine rings is 1. The average Bonchev–Trinajstić information content (AvgIpc) is 2.77. The Kier molecular flexibility index (Phi) is 3.24. The number of phenolic OH excluding ortho intramolecular Hbond substituents is 1. The summed E-state index contributed by atoms with van der Waals surface area (Å²) in [5, 5.41) is 13.2. The van der Waals surface area contributed by atoms with E-state index in [0.717, 1.165) is 38.1 Å². The van der Waals surface area contributed by atoms with Gasteiger partial charge in [-0.2, -0.15) is 0 Å². The number of aromatic hydroxyl groups is 1. The molecule has 1 aromatic heterocycles. The summed E-state index contributed by atoms with van der Waals surface area (Å²) in [4.78, 5) is 4.83. The second-order valence-corrected chi connectivity index (χ2v) is 5.90. The van der Waals surface area contributed by atoms with E-state index in [1.165, 1.54) is 10.3 Å². The minimum atomic E-state index is 0.415. The van der Waals surface area contributed by atoms with Gasteiger partial charge >= 0.3 is 0 Å². The zero-order chi connectivity index (χ0) is 12.5. The van der Waals surface area contributed by atoms with Crippen LogP contribution in [0.15, 0.2) is 23.6 Å². The van der Waals surface area contributed by atoms with Crippen LogP contribution in [0.5, 0.6) is 5.75 Å². The molecule has 0 radical (unpaired) electrons. The number of phenols is 1. The van der Waals surface area contributed by atoms with Gasteiger partial charge in [-0.25, -0.2) is 0 Å². The van der Waals surface area contributed by atoms with E-state index < -0.39 is 0 Å². The first-order valence-corrected chi connectivity index (χ1v) is 7.21. The zero-order valence-electron chi connectivity index (χ0n) is 10.6. The number of thiophene rings is 1. The highest BCUT2D eigenvalue weighted by atomic mass is 32.1. The van der Waals surface area contributed by atoms with Crippen molar-refractivity contribution in [1.82, 2.24) is 9.80 Å². The van der Waals surface area contributed by atoms with Gasteiger partial charge in [-0.3, -0.25) is 4.90 Å². The highest BCUT2D eigenvalue weighted by Gasteiger charge is 2.16. The van der Waals surface area contributed by atoms with Gasteiger partial charge in [-0.05, 0) is 30.1 Å². The molecule has 1 saturated heterocycles. The molecular formula is C14H18N2OS. The number of hydrogen-bond acceptors (Lipinski definition) is 4. The van der Waals surface area contributed by atoms with E-state index in [9.17, 15) is 5.11 Å². The second kappa shape index (κ2) is 4.88. The predicted molar refractivity (Wildman–Crippen MR) is 76.3 cm³/mol. The molecule has 96 valence electrons. The molecule has 1 aliphatic rings. The minimum Gasteiger partial charge on any atom is -0.507 e. The molecule has 2 aromatic rings. The maximum atomic E-state index is 9.99. The Morgan fingerprint density at radius 3 is 2.78 bits per heavy atom. The van der Waals surface area contributed by atoms with E-state index in [1.54, 1.807) is 17.4 Å². The van der Waals surface area contributed by atoms with Crippen LogP contribution in [0.2, 0.25) is 0 Å². The van der Waals surface area contributed by atoms with E-state index in [-0.39, 0.29) is 0 Å². The number of likely N-dealkylation sites (N-methyl/N-ethyl adjacent to an activating group) is 1. The van der Waals surface area contributed by atoms with E-state index in [1.807, 2.05) is 6.07 Å². The molecule has 4 heteroatoms. The van der Waals surface area contributed by atoms with Gasteiger partial charge < -0.3 is 10.0 Å². The Morgan fingerprint density at radius 1 is 1.22 bits per heavy atom. The number of benzene rings is 1. The first-order valence-electron chi connectivity index (χ1n) is 6.33. The summed E-state index contributed by atoms with van der Waals surface area (Å²) < 4.78 is 1.18. The van der Waals surface area contributed by atoms with Crippen LogP contribution in [0.4, 0.5) is 0 Å². The summed E-state index contributed by atoms with van der Waals surface area (Å²) in [6.45, 7) is 5.44. The van der Waals surface area contributed by atoms with Gasteiger partial charge in [0.15, 0.2) is 0 Å². The van der Waals surface area contributed by atoms with E-state index in [2.05, 4.69) is 28.3 Å². The third-order valence-corrected chi connectivity index (χ3v) is 4.64. The van der Waals surface area contributed by atoms with Gasteiger partial charge in [0.25, 0.3) is 0 Å². The fourth-order valence-corrected chi connectivity index (χ4v) is 3.47. The van der Waals surface area contributed by atoms with Crippen molar-refractivity contribution in [2.75, 3.05) is 33.2 Å². The standard InChI is InChI=1S/C14H18N2OS/c1-15-5-7-16(8-6-15)9-11-10-18-13-4-2-3-12(17)14(11)13/h2-4,10,17H,5-9H2,1H3. The third-order valence-electron chi connectivity index (χ3n) is 3.64. The quantitative estimate of drug-likeness (QED) is 0.900. The topological polar surface area (TPSA) is 26.7 Å². The summed E-state index contributed by atoms with van der Waals surface area (Å²) in [7, 11) is 2.17. The minimum absolute atomic E-state index is 0.415. The van der Waals surface area contributed by atoms with Gasteiger partial charge in [-0.1, -0.05) is 6.07 Å². The largest absolute Gasteiger partial charge is 0.507 e. The van der Waals surface area contributed by atoms with Crippen molar-refractivity contribution < 1.29 is 5.11 Å². The molecular weight excluding hydrogens is 244 g/mol. The van der Waals surface area contributed by atoms with Crippen molar-refractivity contribution in [2.24, 2.45) is 0 Å². The van der Waals surface area contributed by atoms with Crippen LogP contribution < -0.4 is 0 Å². The molecule has 0 saturated carbocycles. The Bertz CT molecular complexity index is 544. The third kappa shape index (κ3) is 2.23. The van der Waals surface area contributed by atoms with Gasteiger partial charge in [-0.15, -0.1) is 11.3 Å². The van der Waals surface area contributed by atoms with Crippen LogP contribution in [0.25, 0.3) is 10.1 Å². The molecule has 3 nitrogen and oxygen atoms in total. The lowest BCUT2D eigenvalue weighted by Gasteiger charge is -2.32. The van der Waals surface area contributed by atoms with Crippen molar-refractivity contribution in [3.8, 4) is 5.75 Å². The number of hydrogen-bond donors (Lipinski definition) is 1. The van der Waals surface area contributed by atoms with Crippen LogP contribution in [-0.2, 0) is 6.54 Å². The SMILES string of the molecule is CN1CCN(Cc2csc3cccc(O)c23)CC1. The Labute approximate surface area is 111 Å². The molecule has 3 rings (SSSR count).